The standard InChI is InChI=1S/C26H35N5O4/c1-5-29(6-2)25(33)18-35-22-15-30(13-12-21-10-8-7-9-11-21)24(32)17-31(16-22)26(34)23-14-19(3)27-20(4)28-23/h7-11,14,22H,5-6,12-13,15-18H2,1-4H3/t22-/m1/s1. The highest BCUT2D eigenvalue weighted by atomic mass is 16.5. The molecule has 1 fully saturated rings. The Morgan fingerprint density at radius 3 is 2.46 bits per heavy atom. The van der Waals surface area contributed by atoms with Crippen LogP contribution in [0.5, 0.6) is 0 Å². The van der Waals surface area contributed by atoms with E-state index in [2.05, 4.69) is 9.97 Å². The van der Waals surface area contributed by atoms with Gasteiger partial charge in [-0.3, -0.25) is 14.4 Å². The Hall–Kier alpha value is -3.33. The number of ether oxygens (including phenoxy) is 1. The van der Waals surface area contributed by atoms with Gasteiger partial charge in [0, 0.05) is 38.4 Å². The normalized spacial score (nSPS) is 16.2. The number of benzene rings is 1. The molecule has 1 saturated heterocycles. The number of hydrogen-bond donors (Lipinski definition) is 0. The van der Waals surface area contributed by atoms with Crippen LogP contribution in [0.1, 0.15) is 41.4 Å². The summed E-state index contributed by atoms with van der Waals surface area (Å²) in [4.78, 5) is 52.4. The Morgan fingerprint density at radius 2 is 1.80 bits per heavy atom. The first-order chi connectivity index (χ1) is 16.8. The van der Waals surface area contributed by atoms with Crippen LogP contribution in [0.2, 0.25) is 0 Å². The largest absolute Gasteiger partial charge is 0.365 e. The zero-order valence-corrected chi connectivity index (χ0v) is 21.1. The molecule has 0 spiro atoms. The van der Waals surface area contributed by atoms with Crippen LogP contribution in [-0.2, 0) is 20.7 Å². The van der Waals surface area contributed by atoms with Gasteiger partial charge in [-0.25, -0.2) is 9.97 Å². The first-order valence-electron chi connectivity index (χ1n) is 12.1. The summed E-state index contributed by atoms with van der Waals surface area (Å²) in [7, 11) is 0. The van der Waals surface area contributed by atoms with Gasteiger partial charge < -0.3 is 19.4 Å². The smallest absolute Gasteiger partial charge is 0.273 e. The van der Waals surface area contributed by atoms with Crippen molar-refractivity contribution in [2.45, 2.75) is 40.2 Å². The first-order valence-corrected chi connectivity index (χ1v) is 12.1. The van der Waals surface area contributed by atoms with Gasteiger partial charge in [0.15, 0.2) is 0 Å². The molecule has 9 nitrogen and oxygen atoms in total. The van der Waals surface area contributed by atoms with Gasteiger partial charge in [0.05, 0.1) is 6.10 Å². The summed E-state index contributed by atoms with van der Waals surface area (Å²) in [6, 6.07) is 11.6. The van der Waals surface area contributed by atoms with Crippen LogP contribution in [0.4, 0.5) is 0 Å². The number of carbonyl (C=O) groups excluding carboxylic acids is 3. The average Bonchev–Trinajstić information content (AvgIpc) is 3.00. The van der Waals surface area contributed by atoms with E-state index in [1.54, 1.807) is 29.7 Å². The number of amides is 3. The van der Waals surface area contributed by atoms with Crippen molar-refractivity contribution in [2.24, 2.45) is 0 Å². The molecule has 1 aliphatic rings. The third kappa shape index (κ3) is 7.32. The van der Waals surface area contributed by atoms with Gasteiger partial charge in [-0.05, 0) is 45.7 Å². The summed E-state index contributed by atoms with van der Waals surface area (Å²) in [6.07, 6.45) is 0.195. The average molecular weight is 482 g/mol. The van der Waals surface area contributed by atoms with E-state index in [-0.39, 0.29) is 43.1 Å². The molecule has 0 aliphatic carbocycles. The quantitative estimate of drug-likeness (QED) is 0.543. The Labute approximate surface area is 207 Å². The summed E-state index contributed by atoms with van der Waals surface area (Å²) in [5.74, 6) is -0.114. The van der Waals surface area contributed by atoms with Gasteiger partial charge in [0.2, 0.25) is 11.8 Å². The second-order valence-electron chi connectivity index (χ2n) is 8.70. The van der Waals surface area contributed by atoms with Crippen molar-refractivity contribution in [3.63, 3.8) is 0 Å². The third-order valence-corrected chi connectivity index (χ3v) is 6.07. The lowest BCUT2D eigenvalue weighted by Crippen LogP contribution is -2.42. The third-order valence-electron chi connectivity index (χ3n) is 6.07. The fourth-order valence-corrected chi connectivity index (χ4v) is 4.21. The molecule has 1 aliphatic heterocycles. The molecule has 0 unspecified atom stereocenters. The maximum absolute atomic E-state index is 13.3. The SMILES string of the molecule is CCN(CC)C(=O)CO[C@@H]1CN(CCc2ccccc2)C(=O)CN(C(=O)c2cc(C)nc(C)n2)C1. The molecule has 2 heterocycles. The molecule has 1 atom stereocenters. The van der Waals surface area contributed by atoms with Gasteiger partial charge >= 0.3 is 0 Å². The highest BCUT2D eigenvalue weighted by molar-refractivity contribution is 5.95. The summed E-state index contributed by atoms with van der Waals surface area (Å²) < 4.78 is 5.99. The van der Waals surface area contributed by atoms with Gasteiger partial charge in [-0.15, -0.1) is 0 Å². The maximum atomic E-state index is 13.3. The van der Waals surface area contributed by atoms with E-state index >= 15 is 0 Å². The van der Waals surface area contributed by atoms with E-state index in [0.717, 1.165) is 5.56 Å². The van der Waals surface area contributed by atoms with E-state index < -0.39 is 6.10 Å². The topological polar surface area (TPSA) is 95.9 Å². The summed E-state index contributed by atoms with van der Waals surface area (Å²) in [5, 5.41) is 0. The molecule has 2 aromatic rings. The monoisotopic (exact) mass is 481 g/mol. The van der Waals surface area contributed by atoms with Crippen LogP contribution >= 0.6 is 0 Å². The molecule has 1 aromatic carbocycles. The molecule has 0 N–H and O–H groups in total. The highest BCUT2D eigenvalue weighted by Crippen LogP contribution is 2.14. The Kier molecular flexibility index (Phi) is 9.31. The van der Waals surface area contributed by atoms with Crippen LogP contribution in [0.15, 0.2) is 36.4 Å². The van der Waals surface area contributed by atoms with Crippen molar-refractivity contribution >= 4 is 17.7 Å². The van der Waals surface area contributed by atoms with E-state index in [1.807, 2.05) is 44.2 Å². The maximum Gasteiger partial charge on any atom is 0.273 e. The minimum Gasteiger partial charge on any atom is -0.365 e. The minimum atomic E-state index is -0.496. The van der Waals surface area contributed by atoms with Crippen molar-refractivity contribution in [2.75, 3.05) is 45.9 Å². The van der Waals surface area contributed by atoms with E-state index in [1.165, 1.54) is 4.90 Å². The lowest BCUT2D eigenvalue weighted by atomic mass is 10.1. The predicted molar refractivity (Wildman–Crippen MR) is 132 cm³/mol. The van der Waals surface area contributed by atoms with Crippen molar-refractivity contribution in [3.8, 4) is 0 Å². The summed E-state index contributed by atoms with van der Waals surface area (Å²) >= 11 is 0. The molecular formula is C26H35N5O4. The summed E-state index contributed by atoms with van der Waals surface area (Å²) in [6.45, 7) is 9.41. The molecule has 3 rings (SSSR count). The summed E-state index contributed by atoms with van der Waals surface area (Å²) in [5.41, 5.74) is 2.06. The predicted octanol–water partition coefficient (Wildman–Crippen LogP) is 1.87. The number of aromatic nitrogens is 2. The van der Waals surface area contributed by atoms with E-state index in [0.29, 0.717) is 44.1 Å². The second-order valence-corrected chi connectivity index (χ2v) is 8.70. The van der Waals surface area contributed by atoms with Gasteiger partial charge in [-0.2, -0.15) is 0 Å². The number of aryl methyl sites for hydroxylation is 2. The molecule has 0 bridgehead atoms. The molecule has 1 aromatic heterocycles. The number of rotatable bonds is 9. The number of likely N-dealkylation sites (N-methyl/N-ethyl adjacent to an activating group) is 1. The Bertz CT molecular complexity index is 1010. The van der Waals surface area contributed by atoms with Crippen LogP contribution in [0, 0.1) is 13.8 Å². The van der Waals surface area contributed by atoms with Gasteiger partial charge in [0.25, 0.3) is 5.91 Å². The van der Waals surface area contributed by atoms with Crippen LogP contribution in [0.3, 0.4) is 0 Å². The van der Waals surface area contributed by atoms with Crippen LogP contribution < -0.4 is 0 Å². The van der Waals surface area contributed by atoms with E-state index in [4.69, 9.17) is 4.74 Å². The number of nitrogens with zero attached hydrogens (tertiary/aromatic N) is 5. The molecular weight excluding hydrogens is 446 g/mol. The number of carbonyl (C=O) groups is 3. The molecule has 0 saturated carbocycles. The lowest BCUT2D eigenvalue weighted by Gasteiger charge is -2.26. The zero-order valence-electron chi connectivity index (χ0n) is 21.1. The molecule has 3 amide bonds. The van der Waals surface area contributed by atoms with E-state index in [9.17, 15) is 14.4 Å². The second kappa shape index (κ2) is 12.4. The highest BCUT2D eigenvalue weighted by Gasteiger charge is 2.32. The zero-order chi connectivity index (χ0) is 25.4. The number of hydrogen-bond acceptors (Lipinski definition) is 6. The lowest BCUT2D eigenvalue weighted by molar-refractivity contribution is -0.138. The van der Waals surface area contributed by atoms with Crippen molar-refractivity contribution in [1.29, 1.82) is 0 Å². The molecule has 188 valence electrons. The molecule has 0 radical (unpaired) electrons. The Balaban J connectivity index is 1.77. The Morgan fingerprint density at radius 1 is 1.09 bits per heavy atom. The first kappa shape index (κ1) is 26.3. The van der Waals surface area contributed by atoms with Crippen LogP contribution in [0.25, 0.3) is 0 Å². The molecule has 35 heavy (non-hydrogen) atoms. The van der Waals surface area contributed by atoms with Gasteiger partial charge in [0.1, 0.15) is 24.7 Å². The molecule has 9 heteroatoms. The van der Waals surface area contributed by atoms with Gasteiger partial charge in [-0.1, -0.05) is 30.3 Å². The fourth-order valence-electron chi connectivity index (χ4n) is 4.21. The fraction of sp³-hybridized carbons (Fsp3) is 0.500. The van der Waals surface area contributed by atoms with Crippen LogP contribution in [-0.4, -0.2) is 94.4 Å². The van der Waals surface area contributed by atoms with Crippen molar-refractivity contribution in [3.05, 3.63) is 59.2 Å². The van der Waals surface area contributed by atoms with Crippen molar-refractivity contribution < 1.29 is 19.1 Å². The van der Waals surface area contributed by atoms with Crippen molar-refractivity contribution in [1.82, 2.24) is 24.7 Å². The minimum absolute atomic E-state index is 0.0699.